The van der Waals surface area contributed by atoms with Gasteiger partial charge in [-0.15, -0.1) is 0 Å². The largest absolute Gasteiger partial charge is 0.490 e. The molecule has 0 unspecified atom stereocenters. The van der Waals surface area contributed by atoms with Crippen LogP contribution in [0.2, 0.25) is 5.02 Å². The van der Waals surface area contributed by atoms with Crippen molar-refractivity contribution < 1.29 is 23.5 Å². The second-order valence-corrected chi connectivity index (χ2v) is 8.42. The summed E-state index contributed by atoms with van der Waals surface area (Å²) in [5.74, 6) is 0.0192. The maximum Gasteiger partial charge on any atom is 0.293 e. The molecule has 1 aliphatic rings. The van der Waals surface area contributed by atoms with E-state index in [0.29, 0.717) is 34.7 Å². The van der Waals surface area contributed by atoms with Crippen molar-refractivity contribution in [2.24, 2.45) is 0 Å². The summed E-state index contributed by atoms with van der Waals surface area (Å²) in [5, 5.41) is -0.324. The van der Waals surface area contributed by atoms with Crippen molar-refractivity contribution in [1.82, 2.24) is 4.90 Å². The summed E-state index contributed by atoms with van der Waals surface area (Å²) in [5.41, 5.74) is 0.758. The first-order chi connectivity index (χ1) is 14.3. The molecule has 0 saturated carbocycles. The number of hydrogen-bond donors (Lipinski definition) is 0. The van der Waals surface area contributed by atoms with Gasteiger partial charge in [-0.3, -0.25) is 14.5 Å². The Kier molecular flexibility index (Phi) is 7.44. The summed E-state index contributed by atoms with van der Waals surface area (Å²) >= 11 is 10.3. The standard InChI is InChI=1S/C21H18BrClFNO4S/c1-3-28-17-9-12(8-14(22)19(17)29-4-2)10-18-20(26)25(21(27)30-18)11-13-15(23)6-5-7-16(13)24/h5-10H,3-4,11H2,1-2H3/b18-10+. The van der Waals surface area contributed by atoms with Crippen LogP contribution >= 0.6 is 39.3 Å². The fourth-order valence-electron chi connectivity index (χ4n) is 2.85. The smallest absolute Gasteiger partial charge is 0.293 e. The molecule has 0 spiro atoms. The van der Waals surface area contributed by atoms with Gasteiger partial charge in [0.15, 0.2) is 11.5 Å². The predicted octanol–water partition coefficient (Wildman–Crippen LogP) is 6.28. The highest BCUT2D eigenvalue weighted by molar-refractivity contribution is 9.10. The van der Waals surface area contributed by atoms with Crippen molar-refractivity contribution in [2.75, 3.05) is 13.2 Å². The number of halogens is 3. The van der Waals surface area contributed by atoms with Crippen LogP contribution < -0.4 is 9.47 Å². The molecule has 3 rings (SSSR count). The lowest BCUT2D eigenvalue weighted by Gasteiger charge is -2.14. The van der Waals surface area contributed by atoms with Gasteiger partial charge in [0.2, 0.25) is 0 Å². The van der Waals surface area contributed by atoms with Crippen LogP contribution in [0.4, 0.5) is 9.18 Å². The molecule has 1 fully saturated rings. The van der Waals surface area contributed by atoms with Gasteiger partial charge in [-0.1, -0.05) is 17.7 Å². The fraction of sp³-hybridized carbons (Fsp3) is 0.238. The van der Waals surface area contributed by atoms with E-state index in [0.717, 1.165) is 16.7 Å². The van der Waals surface area contributed by atoms with Crippen LogP contribution in [0.5, 0.6) is 11.5 Å². The minimum atomic E-state index is -0.567. The predicted molar refractivity (Wildman–Crippen MR) is 119 cm³/mol. The molecular weight excluding hydrogens is 497 g/mol. The quantitative estimate of drug-likeness (QED) is 0.407. The van der Waals surface area contributed by atoms with Gasteiger partial charge in [-0.2, -0.15) is 0 Å². The minimum absolute atomic E-state index is 0.102. The molecule has 9 heteroatoms. The highest BCUT2D eigenvalue weighted by Gasteiger charge is 2.36. The minimum Gasteiger partial charge on any atom is -0.490 e. The van der Waals surface area contributed by atoms with E-state index in [4.69, 9.17) is 21.1 Å². The van der Waals surface area contributed by atoms with Crippen LogP contribution in [0.1, 0.15) is 25.0 Å². The van der Waals surface area contributed by atoms with Crippen LogP contribution in [-0.2, 0) is 11.3 Å². The molecule has 0 aliphatic carbocycles. The molecule has 0 atom stereocenters. The summed E-state index contributed by atoms with van der Waals surface area (Å²) in [6, 6.07) is 7.73. The maximum atomic E-state index is 14.1. The van der Waals surface area contributed by atoms with Crippen molar-refractivity contribution in [1.29, 1.82) is 0 Å². The lowest BCUT2D eigenvalue weighted by molar-refractivity contribution is -0.123. The number of thioether (sulfide) groups is 1. The average molecular weight is 515 g/mol. The Balaban J connectivity index is 1.90. The third kappa shape index (κ3) is 4.82. The molecule has 0 N–H and O–H groups in total. The molecule has 30 heavy (non-hydrogen) atoms. The lowest BCUT2D eigenvalue weighted by Crippen LogP contribution is -2.28. The van der Waals surface area contributed by atoms with E-state index in [1.807, 2.05) is 13.8 Å². The zero-order valence-electron chi connectivity index (χ0n) is 16.2. The van der Waals surface area contributed by atoms with E-state index in [1.54, 1.807) is 18.2 Å². The van der Waals surface area contributed by atoms with Crippen molar-refractivity contribution in [3.63, 3.8) is 0 Å². The molecule has 0 radical (unpaired) electrons. The van der Waals surface area contributed by atoms with Gasteiger partial charge in [0.05, 0.1) is 29.1 Å². The van der Waals surface area contributed by atoms with E-state index in [1.165, 1.54) is 18.2 Å². The number of carbonyl (C=O) groups is 2. The van der Waals surface area contributed by atoms with Gasteiger partial charge in [0.1, 0.15) is 5.82 Å². The molecule has 1 heterocycles. The number of amides is 2. The highest BCUT2D eigenvalue weighted by atomic mass is 79.9. The Hall–Kier alpha value is -2.03. The second-order valence-electron chi connectivity index (χ2n) is 6.16. The summed E-state index contributed by atoms with van der Waals surface area (Å²) in [4.78, 5) is 26.4. The number of ether oxygens (including phenoxy) is 2. The molecule has 2 aromatic rings. The highest BCUT2D eigenvalue weighted by Crippen LogP contribution is 2.39. The number of nitrogens with zero attached hydrogens (tertiary/aromatic N) is 1. The molecule has 1 aliphatic heterocycles. The Labute approximate surface area is 191 Å². The summed E-state index contributed by atoms with van der Waals surface area (Å²) < 4.78 is 26.0. The van der Waals surface area contributed by atoms with E-state index in [9.17, 15) is 14.0 Å². The molecule has 2 aromatic carbocycles. The van der Waals surface area contributed by atoms with Gasteiger partial charge in [0.25, 0.3) is 11.1 Å². The third-order valence-electron chi connectivity index (χ3n) is 4.17. The average Bonchev–Trinajstić information content (AvgIpc) is 2.94. The van der Waals surface area contributed by atoms with Crippen LogP contribution in [0.3, 0.4) is 0 Å². The van der Waals surface area contributed by atoms with Crippen molar-refractivity contribution in [3.8, 4) is 11.5 Å². The number of carbonyl (C=O) groups excluding carboxylic acids is 2. The topological polar surface area (TPSA) is 55.8 Å². The van der Waals surface area contributed by atoms with Gasteiger partial charge in [0, 0.05) is 10.6 Å². The monoisotopic (exact) mass is 513 g/mol. The number of rotatable bonds is 7. The number of imide groups is 1. The second kappa shape index (κ2) is 9.85. The van der Waals surface area contributed by atoms with Gasteiger partial charge in [-0.05, 0) is 77.4 Å². The van der Waals surface area contributed by atoms with E-state index >= 15 is 0 Å². The summed E-state index contributed by atoms with van der Waals surface area (Å²) in [7, 11) is 0. The first-order valence-electron chi connectivity index (χ1n) is 9.13. The molecule has 0 bridgehead atoms. The van der Waals surface area contributed by atoms with E-state index in [-0.39, 0.29) is 22.0 Å². The number of hydrogen-bond acceptors (Lipinski definition) is 5. The van der Waals surface area contributed by atoms with Gasteiger partial charge >= 0.3 is 0 Å². The number of benzene rings is 2. The summed E-state index contributed by atoms with van der Waals surface area (Å²) in [6.45, 7) is 4.40. The summed E-state index contributed by atoms with van der Waals surface area (Å²) in [6.07, 6.45) is 1.59. The van der Waals surface area contributed by atoms with E-state index < -0.39 is 17.0 Å². The van der Waals surface area contributed by atoms with Gasteiger partial charge in [-0.25, -0.2) is 4.39 Å². The van der Waals surface area contributed by atoms with Gasteiger partial charge < -0.3 is 9.47 Å². The SMILES string of the molecule is CCOc1cc(/C=C2/SC(=O)N(Cc3c(F)cccc3Cl)C2=O)cc(Br)c1OCC. The van der Waals surface area contributed by atoms with Crippen LogP contribution in [-0.4, -0.2) is 29.3 Å². The fourth-order valence-corrected chi connectivity index (χ4v) is 4.48. The third-order valence-corrected chi connectivity index (χ3v) is 6.02. The molecule has 1 saturated heterocycles. The van der Waals surface area contributed by atoms with Crippen LogP contribution in [0.15, 0.2) is 39.7 Å². The molecule has 0 aromatic heterocycles. The Morgan fingerprint density at radius 3 is 2.60 bits per heavy atom. The molecule has 158 valence electrons. The van der Waals surface area contributed by atoms with Crippen molar-refractivity contribution >= 4 is 56.5 Å². The first-order valence-corrected chi connectivity index (χ1v) is 11.1. The Morgan fingerprint density at radius 1 is 1.20 bits per heavy atom. The van der Waals surface area contributed by atoms with Crippen LogP contribution in [0.25, 0.3) is 6.08 Å². The molecule has 5 nitrogen and oxygen atoms in total. The zero-order valence-corrected chi connectivity index (χ0v) is 19.4. The van der Waals surface area contributed by atoms with E-state index in [2.05, 4.69) is 15.9 Å². The van der Waals surface area contributed by atoms with Crippen LogP contribution in [0, 0.1) is 5.82 Å². The van der Waals surface area contributed by atoms with Crippen molar-refractivity contribution in [3.05, 3.63) is 61.7 Å². The van der Waals surface area contributed by atoms with Crippen molar-refractivity contribution in [2.45, 2.75) is 20.4 Å². The Morgan fingerprint density at radius 2 is 1.93 bits per heavy atom. The maximum absolute atomic E-state index is 14.1. The lowest BCUT2D eigenvalue weighted by atomic mass is 10.1. The normalized spacial score (nSPS) is 15.2. The first kappa shape index (κ1) is 22.7. The molecular formula is C21H18BrClFNO4S. The zero-order chi connectivity index (χ0) is 21.8. The molecule has 2 amide bonds. The Bertz CT molecular complexity index is 1010.